The average Bonchev–Trinajstić information content (AvgIpc) is 2.79. The second-order valence-corrected chi connectivity index (χ2v) is 6.05. The maximum Gasteiger partial charge on any atom is 0.402 e. The van der Waals surface area contributed by atoms with Crippen LogP contribution in [-0.4, -0.2) is 55.3 Å². The number of halogens is 3. The summed E-state index contributed by atoms with van der Waals surface area (Å²) in [7, 11) is -3.35. The van der Waals surface area contributed by atoms with E-state index in [2.05, 4.69) is 14.9 Å². The molecule has 7 nitrogen and oxygen atoms in total. The zero-order chi connectivity index (χ0) is 16.3. The average molecular weight is 329 g/mol. The summed E-state index contributed by atoms with van der Waals surface area (Å²) in [5.74, 6) is -0.804. The lowest BCUT2D eigenvalue weighted by atomic mass is 10.4. The van der Waals surface area contributed by atoms with Gasteiger partial charge in [-0.05, 0) is 6.92 Å². The van der Waals surface area contributed by atoms with Crippen LogP contribution in [0.2, 0.25) is 0 Å². The summed E-state index contributed by atoms with van der Waals surface area (Å²) in [6, 6.07) is 0. The lowest BCUT2D eigenvalue weighted by Crippen LogP contribution is -2.40. The van der Waals surface area contributed by atoms with Gasteiger partial charge in [-0.1, -0.05) is 0 Å². The van der Waals surface area contributed by atoms with Gasteiger partial charge in [0.2, 0.25) is 10.0 Å². The van der Waals surface area contributed by atoms with Crippen LogP contribution in [-0.2, 0) is 19.6 Å². The molecule has 120 valence electrons. The first kappa shape index (κ1) is 17.4. The van der Waals surface area contributed by atoms with Crippen LogP contribution in [0.4, 0.5) is 13.2 Å². The number of sulfonamides is 1. The number of methoxy groups -OCH3 is 1. The number of aryl methyl sites for hydroxylation is 1. The van der Waals surface area contributed by atoms with E-state index >= 15 is 0 Å². The molecule has 0 unspecified atom stereocenters. The Balaban J connectivity index is 3.05. The van der Waals surface area contributed by atoms with E-state index < -0.39 is 41.7 Å². The maximum absolute atomic E-state index is 12.5. The van der Waals surface area contributed by atoms with E-state index in [0.29, 0.717) is 0 Å². The number of rotatable bonds is 6. The molecule has 1 aromatic heterocycles. The number of esters is 1. The van der Waals surface area contributed by atoms with Crippen molar-refractivity contribution < 1.29 is 31.1 Å². The SMILES string of the molecule is COC(=O)CCN(CC(F)(F)F)S(=O)(=O)c1cn[nH]c1C. The number of carbonyl (C=O) groups is 1. The molecule has 0 aliphatic heterocycles. The highest BCUT2D eigenvalue weighted by Gasteiger charge is 2.38. The van der Waals surface area contributed by atoms with E-state index in [-0.39, 0.29) is 14.9 Å². The molecule has 0 aliphatic rings. The number of H-pyrrole nitrogens is 1. The molecule has 21 heavy (non-hydrogen) atoms. The minimum absolute atomic E-state index is 0.111. The summed E-state index contributed by atoms with van der Waals surface area (Å²) in [6.45, 7) is -0.970. The van der Waals surface area contributed by atoms with E-state index in [9.17, 15) is 26.4 Å². The molecular formula is C10H14F3N3O4S. The topological polar surface area (TPSA) is 92.4 Å². The van der Waals surface area contributed by atoms with Gasteiger partial charge in [-0.2, -0.15) is 22.6 Å². The molecule has 1 N–H and O–H groups in total. The first-order valence-electron chi connectivity index (χ1n) is 5.71. The van der Waals surface area contributed by atoms with Crippen LogP contribution in [0.5, 0.6) is 0 Å². The molecule has 0 aromatic carbocycles. The number of aromatic nitrogens is 2. The number of nitrogens with zero attached hydrogens (tertiary/aromatic N) is 2. The number of nitrogens with one attached hydrogen (secondary N) is 1. The zero-order valence-corrected chi connectivity index (χ0v) is 12.1. The molecule has 0 bridgehead atoms. The minimum atomic E-state index is -4.74. The lowest BCUT2D eigenvalue weighted by Gasteiger charge is -2.22. The van der Waals surface area contributed by atoms with Gasteiger partial charge < -0.3 is 4.74 Å². The first-order valence-corrected chi connectivity index (χ1v) is 7.15. The van der Waals surface area contributed by atoms with Crippen molar-refractivity contribution in [3.63, 3.8) is 0 Å². The second kappa shape index (κ2) is 6.43. The van der Waals surface area contributed by atoms with Gasteiger partial charge in [0, 0.05) is 6.54 Å². The van der Waals surface area contributed by atoms with Gasteiger partial charge >= 0.3 is 12.1 Å². The van der Waals surface area contributed by atoms with Crippen LogP contribution >= 0.6 is 0 Å². The molecule has 0 spiro atoms. The third-order valence-corrected chi connectivity index (χ3v) is 4.51. The molecule has 1 heterocycles. The third kappa shape index (κ3) is 4.70. The largest absolute Gasteiger partial charge is 0.469 e. The van der Waals surface area contributed by atoms with E-state index in [1.54, 1.807) is 0 Å². The summed E-state index contributed by atoms with van der Waals surface area (Å²) in [4.78, 5) is 10.7. The minimum Gasteiger partial charge on any atom is -0.469 e. The summed E-state index contributed by atoms with van der Waals surface area (Å²) >= 11 is 0. The number of aromatic amines is 1. The Morgan fingerprint density at radius 1 is 1.48 bits per heavy atom. The Labute approximate surface area is 119 Å². The predicted octanol–water partition coefficient (Wildman–Crippen LogP) is 0.834. The maximum atomic E-state index is 12.5. The number of ether oxygens (including phenoxy) is 1. The molecule has 0 saturated heterocycles. The molecule has 0 atom stereocenters. The number of hydrogen-bond donors (Lipinski definition) is 1. The molecule has 0 amide bonds. The van der Waals surface area contributed by atoms with Gasteiger partial charge in [0.15, 0.2) is 0 Å². The second-order valence-electron chi connectivity index (χ2n) is 4.14. The smallest absolute Gasteiger partial charge is 0.402 e. The first-order chi connectivity index (χ1) is 9.58. The Hall–Kier alpha value is -1.62. The molecule has 0 aliphatic carbocycles. The molecule has 11 heteroatoms. The Morgan fingerprint density at radius 3 is 2.52 bits per heavy atom. The Bertz CT molecular complexity index is 597. The van der Waals surface area contributed by atoms with E-state index in [1.807, 2.05) is 0 Å². The molecule has 0 fully saturated rings. The Morgan fingerprint density at radius 2 is 2.10 bits per heavy atom. The van der Waals surface area contributed by atoms with Gasteiger partial charge in [-0.3, -0.25) is 9.89 Å². The highest BCUT2D eigenvalue weighted by atomic mass is 32.2. The van der Waals surface area contributed by atoms with Crippen molar-refractivity contribution >= 4 is 16.0 Å². The molecule has 1 aromatic rings. The molecule has 0 saturated carbocycles. The van der Waals surface area contributed by atoms with Crippen LogP contribution in [0.25, 0.3) is 0 Å². The van der Waals surface area contributed by atoms with Crippen molar-refractivity contribution in [2.24, 2.45) is 0 Å². The van der Waals surface area contributed by atoms with Gasteiger partial charge in [-0.25, -0.2) is 8.42 Å². The van der Waals surface area contributed by atoms with Crippen molar-refractivity contribution in [2.75, 3.05) is 20.2 Å². The van der Waals surface area contributed by atoms with Gasteiger partial charge in [0.25, 0.3) is 0 Å². The van der Waals surface area contributed by atoms with Crippen molar-refractivity contribution in [1.82, 2.24) is 14.5 Å². The van der Waals surface area contributed by atoms with E-state index in [0.717, 1.165) is 13.3 Å². The fourth-order valence-corrected chi connectivity index (χ4v) is 3.09. The van der Waals surface area contributed by atoms with Crippen LogP contribution in [0.15, 0.2) is 11.1 Å². The van der Waals surface area contributed by atoms with E-state index in [1.165, 1.54) is 6.92 Å². The van der Waals surface area contributed by atoms with Crippen LogP contribution < -0.4 is 0 Å². The number of hydrogen-bond acceptors (Lipinski definition) is 5. The normalized spacial score (nSPS) is 12.7. The number of carbonyl (C=O) groups excluding carboxylic acids is 1. The third-order valence-electron chi connectivity index (χ3n) is 2.55. The fraction of sp³-hybridized carbons (Fsp3) is 0.600. The van der Waals surface area contributed by atoms with Crippen LogP contribution in [0.1, 0.15) is 12.1 Å². The number of alkyl halides is 3. The monoisotopic (exact) mass is 329 g/mol. The van der Waals surface area contributed by atoms with Crippen molar-refractivity contribution in [2.45, 2.75) is 24.4 Å². The van der Waals surface area contributed by atoms with Crippen molar-refractivity contribution in [3.8, 4) is 0 Å². The summed E-state index contributed by atoms with van der Waals surface area (Å²) in [5.41, 5.74) is 0.111. The quantitative estimate of drug-likeness (QED) is 0.781. The van der Waals surface area contributed by atoms with Crippen molar-refractivity contribution in [3.05, 3.63) is 11.9 Å². The molecular weight excluding hydrogens is 315 g/mol. The van der Waals surface area contributed by atoms with E-state index in [4.69, 9.17) is 0 Å². The molecule has 0 radical (unpaired) electrons. The lowest BCUT2D eigenvalue weighted by molar-refractivity contribution is -0.144. The Kier molecular flexibility index (Phi) is 5.34. The molecule has 1 rings (SSSR count). The summed E-state index contributed by atoms with van der Waals surface area (Å²) < 4.78 is 66.5. The standard InChI is InChI=1S/C10H14F3N3O4S/c1-7-8(5-14-15-7)21(18,19)16(6-10(11,12)13)4-3-9(17)20-2/h5H,3-4,6H2,1-2H3,(H,14,15). The zero-order valence-electron chi connectivity index (χ0n) is 11.3. The summed E-state index contributed by atoms with van der Waals surface area (Å²) in [6.07, 6.45) is -4.30. The van der Waals surface area contributed by atoms with Gasteiger partial charge in [0.05, 0.1) is 25.4 Å². The van der Waals surface area contributed by atoms with Crippen LogP contribution in [0, 0.1) is 6.92 Å². The van der Waals surface area contributed by atoms with Crippen molar-refractivity contribution in [1.29, 1.82) is 0 Å². The van der Waals surface area contributed by atoms with Gasteiger partial charge in [0.1, 0.15) is 11.4 Å². The highest BCUT2D eigenvalue weighted by Crippen LogP contribution is 2.23. The highest BCUT2D eigenvalue weighted by molar-refractivity contribution is 7.89. The fourth-order valence-electron chi connectivity index (χ4n) is 1.54. The van der Waals surface area contributed by atoms with Crippen LogP contribution in [0.3, 0.4) is 0 Å². The summed E-state index contributed by atoms with van der Waals surface area (Å²) in [5, 5.41) is 5.81. The predicted molar refractivity (Wildman–Crippen MR) is 64.8 cm³/mol. The van der Waals surface area contributed by atoms with Gasteiger partial charge in [-0.15, -0.1) is 0 Å².